The summed E-state index contributed by atoms with van der Waals surface area (Å²) < 4.78 is 44.0. The molecule has 1 fully saturated rings. The molecule has 1 N–H and O–H groups in total. The lowest BCUT2D eigenvalue weighted by Gasteiger charge is -2.16. The Hall–Kier alpha value is -2.63. The summed E-state index contributed by atoms with van der Waals surface area (Å²) in [6.07, 6.45) is 5.66. The van der Waals surface area contributed by atoms with Crippen molar-refractivity contribution in [2.24, 2.45) is 0 Å². The summed E-state index contributed by atoms with van der Waals surface area (Å²) in [5.74, 6) is 0.283. The number of hydrogen-bond donors (Lipinski definition) is 1. The highest BCUT2D eigenvalue weighted by atomic mass is 32.2. The summed E-state index contributed by atoms with van der Waals surface area (Å²) in [5.41, 5.74) is 0.616. The number of nitrogens with one attached hydrogen (secondary N) is 1. The molecule has 2 aliphatic heterocycles. The third-order valence-electron chi connectivity index (χ3n) is 6.10. The predicted molar refractivity (Wildman–Crippen MR) is 123 cm³/mol. The predicted octanol–water partition coefficient (Wildman–Crippen LogP) is 3.91. The highest BCUT2D eigenvalue weighted by molar-refractivity contribution is 7.89. The van der Waals surface area contributed by atoms with E-state index >= 15 is 0 Å². The number of hydrogen-bond acceptors (Lipinski definition) is 6. The Balaban J connectivity index is 1.43. The minimum Gasteiger partial charge on any atom is -0.319 e. The van der Waals surface area contributed by atoms with Crippen LogP contribution in [0, 0.1) is 5.82 Å². The van der Waals surface area contributed by atoms with Gasteiger partial charge in [-0.15, -0.1) is 21.5 Å². The van der Waals surface area contributed by atoms with Crippen LogP contribution in [0.3, 0.4) is 0 Å². The summed E-state index contributed by atoms with van der Waals surface area (Å²) in [6.45, 7) is 1.68. The standard InChI is InChI=1S/C22H24FN5O3S2/c23-16-8-7-15(21-26-25-19-6-2-1-3-12-28(19)21)14-17(16)24-22(29)20-18(9-13-32-20)33(30,31)27-10-4-5-11-27/h7-9,13-14H,1-6,10-12H2,(H,24,29). The van der Waals surface area contributed by atoms with Gasteiger partial charge in [-0.25, -0.2) is 12.8 Å². The Morgan fingerprint density at radius 3 is 2.64 bits per heavy atom. The fourth-order valence-corrected chi connectivity index (χ4v) is 7.18. The molecule has 1 saturated heterocycles. The summed E-state index contributed by atoms with van der Waals surface area (Å²) in [7, 11) is -3.76. The molecule has 0 bridgehead atoms. The van der Waals surface area contributed by atoms with E-state index in [4.69, 9.17) is 0 Å². The molecule has 0 spiro atoms. The molecular weight excluding hydrogens is 465 g/mol. The van der Waals surface area contributed by atoms with Crippen LogP contribution in [-0.2, 0) is 23.0 Å². The van der Waals surface area contributed by atoms with Crippen molar-refractivity contribution < 1.29 is 17.6 Å². The van der Waals surface area contributed by atoms with Gasteiger partial charge in [0.05, 0.1) is 5.69 Å². The zero-order valence-corrected chi connectivity index (χ0v) is 19.6. The SMILES string of the molecule is O=C(Nc1cc(-c2nnc3n2CCCCC3)ccc1F)c1sccc1S(=O)(=O)N1CCCC1. The van der Waals surface area contributed by atoms with E-state index in [9.17, 15) is 17.6 Å². The lowest BCUT2D eigenvalue weighted by molar-refractivity contribution is 0.102. The number of aromatic nitrogens is 3. The van der Waals surface area contributed by atoms with Crippen molar-refractivity contribution in [3.05, 3.63) is 46.2 Å². The Bertz CT molecular complexity index is 1300. The molecule has 8 nitrogen and oxygen atoms in total. The Morgan fingerprint density at radius 1 is 1.03 bits per heavy atom. The number of aryl methyl sites for hydroxylation is 1. The molecule has 1 aromatic carbocycles. The van der Waals surface area contributed by atoms with E-state index in [1.807, 2.05) is 4.57 Å². The molecule has 174 valence electrons. The minimum absolute atomic E-state index is 0.0265. The molecule has 1 amide bonds. The topological polar surface area (TPSA) is 97.2 Å². The van der Waals surface area contributed by atoms with Gasteiger partial charge in [0, 0.05) is 31.6 Å². The van der Waals surface area contributed by atoms with Crippen molar-refractivity contribution >= 4 is 33.0 Å². The first-order valence-electron chi connectivity index (χ1n) is 11.1. The molecule has 0 atom stereocenters. The van der Waals surface area contributed by atoms with Gasteiger partial charge in [0.15, 0.2) is 5.82 Å². The average Bonchev–Trinajstić information content (AvgIpc) is 3.55. The Morgan fingerprint density at radius 2 is 1.82 bits per heavy atom. The van der Waals surface area contributed by atoms with Crippen LogP contribution >= 0.6 is 11.3 Å². The number of benzene rings is 1. The number of anilines is 1. The lowest BCUT2D eigenvalue weighted by atomic mass is 10.1. The minimum atomic E-state index is -3.76. The van der Waals surface area contributed by atoms with Crippen molar-refractivity contribution in [3.8, 4) is 11.4 Å². The first-order chi connectivity index (χ1) is 15.9. The van der Waals surface area contributed by atoms with E-state index in [1.54, 1.807) is 11.4 Å². The van der Waals surface area contributed by atoms with Gasteiger partial charge in [-0.1, -0.05) is 6.42 Å². The van der Waals surface area contributed by atoms with Crippen LogP contribution < -0.4 is 5.32 Å². The van der Waals surface area contributed by atoms with Crippen molar-refractivity contribution in [2.75, 3.05) is 18.4 Å². The van der Waals surface area contributed by atoms with Crippen molar-refractivity contribution in [1.82, 2.24) is 19.1 Å². The number of amides is 1. The fraction of sp³-hybridized carbons (Fsp3) is 0.409. The van der Waals surface area contributed by atoms with Gasteiger partial charge < -0.3 is 9.88 Å². The maximum Gasteiger partial charge on any atom is 0.267 e. The second-order valence-electron chi connectivity index (χ2n) is 8.28. The number of thiophene rings is 1. The van der Waals surface area contributed by atoms with Crippen LogP contribution in [-0.4, -0.2) is 46.5 Å². The molecule has 5 rings (SSSR count). The third kappa shape index (κ3) is 4.20. The van der Waals surface area contributed by atoms with Crippen LogP contribution in [0.4, 0.5) is 10.1 Å². The number of halogens is 1. The normalized spacial score (nSPS) is 17.0. The van der Waals surface area contributed by atoms with Crippen molar-refractivity contribution in [3.63, 3.8) is 0 Å². The van der Waals surface area contributed by atoms with Crippen LogP contribution in [0.15, 0.2) is 34.5 Å². The van der Waals surface area contributed by atoms with Crippen LogP contribution in [0.2, 0.25) is 0 Å². The van der Waals surface area contributed by atoms with E-state index in [-0.39, 0.29) is 15.5 Å². The molecule has 0 saturated carbocycles. The van der Waals surface area contributed by atoms with E-state index in [0.717, 1.165) is 62.2 Å². The summed E-state index contributed by atoms with van der Waals surface area (Å²) in [6, 6.07) is 5.85. The molecule has 11 heteroatoms. The quantitative estimate of drug-likeness (QED) is 0.586. The molecule has 0 unspecified atom stereocenters. The molecule has 2 aliphatic rings. The Kier molecular flexibility index (Phi) is 6.02. The van der Waals surface area contributed by atoms with Crippen LogP contribution in [0.1, 0.15) is 47.6 Å². The number of fused-ring (bicyclic) bond motifs is 1. The van der Waals surface area contributed by atoms with Crippen LogP contribution in [0.25, 0.3) is 11.4 Å². The van der Waals surface area contributed by atoms with Crippen molar-refractivity contribution in [1.29, 1.82) is 0 Å². The van der Waals surface area contributed by atoms with E-state index in [1.165, 1.54) is 22.5 Å². The van der Waals surface area contributed by atoms with E-state index < -0.39 is 21.7 Å². The Labute approximate surface area is 195 Å². The number of carbonyl (C=O) groups excluding carboxylic acids is 1. The van der Waals surface area contributed by atoms with E-state index in [2.05, 4.69) is 15.5 Å². The lowest BCUT2D eigenvalue weighted by Crippen LogP contribution is -2.29. The van der Waals surface area contributed by atoms with Gasteiger partial charge in [0.2, 0.25) is 10.0 Å². The number of nitrogens with zero attached hydrogens (tertiary/aromatic N) is 4. The van der Waals surface area contributed by atoms with Gasteiger partial charge in [0.1, 0.15) is 21.4 Å². The monoisotopic (exact) mass is 489 g/mol. The third-order valence-corrected chi connectivity index (χ3v) is 9.08. The first kappa shape index (κ1) is 22.2. The van der Waals surface area contributed by atoms with Gasteiger partial charge in [-0.3, -0.25) is 4.79 Å². The van der Waals surface area contributed by atoms with E-state index in [0.29, 0.717) is 24.5 Å². The summed E-state index contributed by atoms with van der Waals surface area (Å²) in [4.78, 5) is 13.0. The average molecular weight is 490 g/mol. The van der Waals surface area contributed by atoms with Gasteiger partial charge in [-0.2, -0.15) is 4.31 Å². The molecule has 4 heterocycles. The summed E-state index contributed by atoms with van der Waals surface area (Å²) in [5, 5.41) is 12.7. The molecule has 3 aromatic rings. The zero-order valence-electron chi connectivity index (χ0n) is 18.0. The largest absolute Gasteiger partial charge is 0.319 e. The van der Waals surface area contributed by atoms with Gasteiger partial charge >= 0.3 is 0 Å². The number of rotatable bonds is 5. The maximum atomic E-state index is 14.6. The van der Waals surface area contributed by atoms with Gasteiger partial charge in [0.25, 0.3) is 5.91 Å². The molecule has 33 heavy (non-hydrogen) atoms. The smallest absolute Gasteiger partial charge is 0.267 e. The first-order valence-corrected chi connectivity index (χ1v) is 13.4. The van der Waals surface area contributed by atoms with Crippen LogP contribution in [0.5, 0.6) is 0 Å². The zero-order chi connectivity index (χ0) is 23.0. The molecular formula is C22H24FN5O3S2. The molecule has 0 aliphatic carbocycles. The molecule has 2 aromatic heterocycles. The molecule has 0 radical (unpaired) electrons. The summed E-state index contributed by atoms with van der Waals surface area (Å²) >= 11 is 1.02. The van der Waals surface area contributed by atoms with Gasteiger partial charge in [-0.05, 0) is 55.3 Å². The second kappa shape index (κ2) is 8.96. The maximum absolute atomic E-state index is 14.6. The second-order valence-corrected chi connectivity index (χ2v) is 11.1. The fourth-order valence-electron chi connectivity index (χ4n) is 4.37. The highest BCUT2D eigenvalue weighted by Gasteiger charge is 2.32. The number of sulfonamides is 1. The highest BCUT2D eigenvalue weighted by Crippen LogP contribution is 2.30. The van der Waals surface area contributed by atoms with Crippen molar-refractivity contribution in [2.45, 2.75) is 50.0 Å². The number of carbonyl (C=O) groups is 1.